The summed E-state index contributed by atoms with van der Waals surface area (Å²) in [6, 6.07) is 0.634. The fourth-order valence-corrected chi connectivity index (χ4v) is 0. The molecule has 62 valence electrons. The predicted molar refractivity (Wildman–Crippen MR) is 49.3 cm³/mol. The van der Waals surface area contributed by atoms with Crippen molar-refractivity contribution < 1.29 is 0 Å². The summed E-state index contributed by atoms with van der Waals surface area (Å²) in [7, 11) is 1.95. The Morgan fingerprint density at radius 1 is 1.50 bits per heavy atom. The molecule has 0 aliphatic rings. The van der Waals surface area contributed by atoms with Gasteiger partial charge in [0.05, 0.1) is 0 Å². The molecule has 0 amide bonds. The highest BCUT2D eigenvalue weighted by Gasteiger charge is 1.76. The minimum atomic E-state index is 0.634. The van der Waals surface area contributed by atoms with Crippen LogP contribution in [0.3, 0.4) is 0 Å². The van der Waals surface area contributed by atoms with Crippen molar-refractivity contribution >= 4 is 0 Å². The van der Waals surface area contributed by atoms with E-state index in [4.69, 9.17) is 0 Å². The van der Waals surface area contributed by atoms with Crippen LogP contribution in [0.15, 0.2) is 12.2 Å². The zero-order valence-corrected chi connectivity index (χ0v) is 7.99. The molecular formula is C9H21N. The molecule has 0 heterocycles. The van der Waals surface area contributed by atoms with Crippen LogP contribution in [-0.2, 0) is 0 Å². The van der Waals surface area contributed by atoms with Crippen molar-refractivity contribution in [3.63, 3.8) is 0 Å². The second-order valence-corrected chi connectivity index (χ2v) is 2.75. The first-order valence-corrected chi connectivity index (χ1v) is 3.86. The van der Waals surface area contributed by atoms with Gasteiger partial charge in [-0.15, -0.1) is 6.58 Å². The Morgan fingerprint density at radius 2 is 1.70 bits per heavy atom. The van der Waals surface area contributed by atoms with Crippen molar-refractivity contribution in [1.29, 1.82) is 0 Å². The fourth-order valence-electron chi connectivity index (χ4n) is 0. The highest BCUT2D eigenvalue weighted by molar-refractivity contribution is 4.84. The SMILES string of the molecule is C=C(C)CC.CNC(C)C. The topological polar surface area (TPSA) is 12.0 Å². The number of hydrogen-bond acceptors (Lipinski definition) is 1. The molecule has 0 fully saturated rings. The first kappa shape index (κ1) is 12.4. The molecule has 0 aliphatic heterocycles. The lowest BCUT2D eigenvalue weighted by Gasteiger charge is -1.95. The Morgan fingerprint density at radius 3 is 1.70 bits per heavy atom. The first-order chi connectivity index (χ1) is 4.54. The summed E-state index contributed by atoms with van der Waals surface area (Å²) in [5, 5.41) is 3.03. The maximum absolute atomic E-state index is 3.67. The van der Waals surface area contributed by atoms with Gasteiger partial charge in [-0.1, -0.05) is 26.3 Å². The largest absolute Gasteiger partial charge is 0.318 e. The molecule has 0 aromatic carbocycles. The highest BCUT2D eigenvalue weighted by Crippen LogP contribution is 1.88. The van der Waals surface area contributed by atoms with E-state index in [1.54, 1.807) is 0 Å². The average molecular weight is 143 g/mol. The summed E-state index contributed by atoms with van der Waals surface area (Å²) in [5.74, 6) is 0. The van der Waals surface area contributed by atoms with Crippen molar-refractivity contribution in [3.05, 3.63) is 12.2 Å². The third-order valence-corrected chi connectivity index (χ3v) is 1.18. The molecule has 0 radical (unpaired) electrons. The van der Waals surface area contributed by atoms with Crippen LogP contribution in [0.2, 0.25) is 0 Å². The number of nitrogens with one attached hydrogen (secondary N) is 1. The Bertz CT molecular complexity index is 74.8. The van der Waals surface area contributed by atoms with Crippen molar-refractivity contribution in [1.82, 2.24) is 5.32 Å². The van der Waals surface area contributed by atoms with Crippen LogP contribution < -0.4 is 5.32 Å². The molecule has 0 aliphatic carbocycles. The first-order valence-electron chi connectivity index (χ1n) is 3.86. The van der Waals surface area contributed by atoms with Gasteiger partial charge >= 0.3 is 0 Å². The zero-order chi connectivity index (χ0) is 8.57. The molecule has 0 atom stereocenters. The number of rotatable bonds is 2. The van der Waals surface area contributed by atoms with E-state index in [1.165, 1.54) is 5.57 Å². The van der Waals surface area contributed by atoms with E-state index >= 15 is 0 Å². The molecule has 1 heteroatoms. The van der Waals surface area contributed by atoms with E-state index in [0.29, 0.717) is 6.04 Å². The molecule has 10 heavy (non-hydrogen) atoms. The summed E-state index contributed by atoms with van der Waals surface area (Å²) in [5.41, 5.74) is 1.25. The lowest BCUT2D eigenvalue weighted by atomic mass is 10.3. The van der Waals surface area contributed by atoms with E-state index in [0.717, 1.165) is 6.42 Å². The van der Waals surface area contributed by atoms with Gasteiger partial charge in [0, 0.05) is 6.04 Å². The lowest BCUT2D eigenvalue weighted by Crippen LogP contribution is -2.15. The highest BCUT2D eigenvalue weighted by atomic mass is 14.8. The second-order valence-electron chi connectivity index (χ2n) is 2.75. The minimum absolute atomic E-state index is 0.634. The van der Waals surface area contributed by atoms with Gasteiger partial charge in [0.25, 0.3) is 0 Å². The van der Waals surface area contributed by atoms with E-state index in [9.17, 15) is 0 Å². The Balaban J connectivity index is 0. The maximum Gasteiger partial charge on any atom is 0.000733 e. The van der Waals surface area contributed by atoms with Gasteiger partial charge in [0.1, 0.15) is 0 Å². The minimum Gasteiger partial charge on any atom is -0.318 e. The fraction of sp³-hybridized carbons (Fsp3) is 0.778. The third kappa shape index (κ3) is 25.2. The van der Waals surface area contributed by atoms with E-state index in [1.807, 2.05) is 14.0 Å². The Kier molecular flexibility index (Phi) is 10.8. The monoisotopic (exact) mass is 143 g/mol. The molecule has 0 saturated carbocycles. The number of allylic oxidation sites excluding steroid dienone is 1. The van der Waals surface area contributed by atoms with Crippen molar-refractivity contribution in [3.8, 4) is 0 Å². The van der Waals surface area contributed by atoms with Gasteiger partial charge in [-0.3, -0.25) is 0 Å². The summed E-state index contributed by atoms with van der Waals surface area (Å²) in [4.78, 5) is 0. The molecule has 1 N–H and O–H groups in total. The molecular weight excluding hydrogens is 122 g/mol. The van der Waals surface area contributed by atoms with E-state index in [2.05, 4.69) is 32.7 Å². The molecule has 0 rings (SSSR count). The third-order valence-electron chi connectivity index (χ3n) is 1.18. The molecule has 0 aromatic rings. The molecule has 0 bridgehead atoms. The van der Waals surface area contributed by atoms with Crippen LogP contribution in [0, 0.1) is 0 Å². The van der Waals surface area contributed by atoms with Crippen LogP contribution in [0.5, 0.6) is 0 Å². The summed E-state index contributed by atoms with van der Waals surface area (Å²) in [6.07, 6.45) is 1.11. The normalized spacial score (nSPS) is 8.60. The van der Waals surface area contributed by atoms with Gasteiger partial charge in [-0.2, -0.15) is 0 Å². The number of hydrogen-bond donors (Lipinski definition) is 1. The van der Waals surface area contributed by atoms with Gasteiger partial charge in [-0.25, -0.2) is 0 Å². The van der Waals surface area contributed by atoms with Crippen LogP contribution in [-0.4, -0.2) is 13.1 Å². The van der Waals surface area contributed by atoms with Crippen LogP contribution >= 0.6 is 0 Å². The van der Waals surface area contributed by atoms with Gasteiger partial charge in [0.2, 0.25) is 0 Å². The average Bonchev–Trinajstić information content (AvgIpc) is 1.89. The van der Waals surface area contributed by atoms with Crippen LogP contribution in [0.25, 0.3) is 0 Å². The van der Waals surface area contributed by atoms with Crippen molar-refractivity contribution in [2.45, 2.75) is 40.2 Å². The molecule has 0 unspecified atom stereocenters. The molecule has 1 nitrogen and oxygen atoms in total. The van der Waals surface area contributed by atoms with Crippen molar-refractivity contribution in [2.75, 3.05) is 7.05 Å². The zero-order valence-electron chi connectivity index (χ0n) is 7.99. The summed E-state index contributed by atoms with van der Waals surface area (Å²) >= 11 is 0. The lowest BCUT2D eigenvalue weighted by molar-refractivity contribution is 0.668. The Hall–Kier alpha value is -0.300. The van der Waals surface area contributed by atoms with Gasteiger partial charge < -0.3 is 5.32 Å². The smallest absolute Gasteiger partial charge is 0.000733 e. The predicted octanol–water partition coefficient (Wildman–Crippen LogP) is 2.59. The quantitative estimate of drug-likeness (QED) is 0.586. The molecule has 0 aromatic heterocycles. The maximum atomic E-state index is 3.67. The van der Waals surface area contributed by atoms with E-state index in [-0.39, 0.29) is 0 Å². The van der Waals surface area contributed by atoms with Crippen molar-refractivity contribution in [2.24, 2.45) is 0 Å². The standard InChI is InChI=1S/C5H10.C4H11N/c1-4-5(2)3;1-4(2)5-3/h2,4H2,1,3H3;4-5H,1-3H3. The van der Waals surface area contributed by atoms with Crippen LogP contribution in [0.4, 0.5) is 0 Å². The second kappa shape index (κ2) is 8.70. The van der Waals surface area contributed by atoms with E-state index < -0.39 is 0 Å². The van der Waals surface area contributed by atoms with Crippen LogP contribution in [0.1, 0.15) is 34.1 Å². The van der Waals surface area contributed by atoms with Gasteiger partial charge in [-0.05, 0) is 20.4 Å². The summed E-state index contributed by atoms with van der Waals surface area (Å²) in [6.45, 7) is 12.0. The Labute approximate surface area is 65.5 Å². The summed E-state index contributed by atoms with van der Waals surface area (Å²) < 4.78 is 0. The molecule has 0 spiro atoms. The molecule has 0 saturated heterocycles. The van der Waals surface area contributed by atoms with Gasteiger partial charge in [0.15, 0.2) is 0 Å².